The van der Waals surface area contributed by atoms with Gasteiger partial charge in [-0.2, -0.15) is 18.3 Å². The maximum atomic E-state index is 12.7. The van der Waals surface area contributed by atoms with Crippen LogP contribution in [0.4, 0.5) is 13.2 Å². The molecule has 2 rings (SSSR count). The Morgan fingerprint density at radius 3 is 2.57 bits per heavy atom. The van der Waals surface area contributed by atoms with Crippen LogP contribution in [0.2, 0.25) is 0 Å². The van der Waals surface area contributed by atoms with Gasteiger partial charge in [0.2, 0.25) is 0 Å². The lowest BCUT2D eigenvalue weighted by Gasteiger charge is -2.19. The van der Waals surface area contributed by atoms with Crippen molar-refractivity contribution >= 4 is 50.1 Å². The van der Waals surface area contributed by atoms with Gasteiger partial charge in [-0.25, -0.2) is 0 Å². The van der Waals surface area contributed by atoms with Crippen LogP contribution in [-0.2, 0) is 22.3 Å². The van der Waals surface area contributed by atoms with Crippen molar-refractivity contribution in [2.24, 2.45) is 0 Å². The third-order valence-corrected chi connectivity index (χ3v) is 4.66. The van der Waals surface area contributed by atoms with Gasteiger partial charge in [-0.15, -0.1) is 11.3 Å². The second-order valence-electron chi connectivity index (χ2n) is 5.36. The lowest BCUT2D eigenvalue weighted by atomic mass is 10.2. The predicted octanol–water partition coefficient (Wildman–Crippen LogP) is 4.06. The van der Waals surface area contributed by atoms with E-state index in [9.17, 15) is 18.0 Å². The van der Waals surface area contributed by atoms with Crippen LogP contribution < -0.4 is 0 Å². The van der Waals surface area contributed by atoms with Gasteiger partial charge in [-0.05, 0) is 49.4 Å². The molecule has 116 valence electrons. The van der Waals surface area contributed by atoms with Gasteiger partial charge in [0.25, 0.3) is 0 Å². The summed E-state index contributed by atoms with van der Waals surface area (Å²) >= 11 is 2.48. The summed E-state index contributed by atoms with van der Waals surface area (Å²) in [4.78, 5) is 11.1. The van der Waals surface area contributed by atoms with Crippen molar-refractivity contribution in [2.45, 2.75) is 39.1 Å². The Labute approximate surface area is 136 Å². The van der Waals surface area contributed by atoms with E-state index in [1.165, 1.54) is 4.68 Å². The van der Waals surface area contributed by atoms with E-state index in [1.54, 1.807) is 20.8 Å². The number of nitrogens with zero attached hydrogens (tertiary/aromatic N) is 2. The summed E-state index contributed by atoms with van der Waals surface area (Å²) in [6, 6.07) is 1.01. The third-order valence-electron chi connectivity index (χ3n) is 2.36. The van der Waals surface area contributed by atoms with Crippen LogP contribution in [0, 0.1) is 3.70 Å². The van der Waals surface area contributed by atoms with Gasteiger partial charge in [-0.1, -0.05) is 0 Å². The first-order chi connectivity index (χ1) is 9.47. The highest BCUT2D eigenvalue weighted by atomic mass is 127. The summed E-state index contributed by atoms with van der Waals surface area (Å²) in [5, 5.41) is 4.09. The highest BCUT2D eigenvalue weighted by Gasteiger charge is 2.34. The topological polar surface area (TPSA) is 44.1 Å². The van der Waals surface area contributed by atoms with E-state index < -0.39 is 22.6 Å². The summed E-state index contributed by atoms with van der Waals surface area (Å²) < 4.78 is 45.5. The molecule has 9 heteroatoms. The van der Waals surface area contributed by atoms with Crippen molar-refractivity contribution in [1.82, 2.24) is 9.78 Å². The quantitative estimate of drug-likeness (QED) is 0.531. The molecule has 0 aromatic carbocycles. The molecule has 2 aromatic rings. The van der Waals surface area contributed by atoms with Crippen LogP contribution in [0.3, 0.4) is 0 Å². The number of hydrogen-bond acceptors (Lipinski definition) is 4. The smallest absolute Gasteiger partial charge is 0.425 e. The van der Waals surface area contributed by atoms with Crippen molar-refractivity contribution in [2.75, 3.05) is 0 Å². The highest BCUT2D eigenvalue weighted by molar-refractivity contribution is 14.1. The zero-order valence-electron chi connectivity index (χ0n) is 11.4. The number of fused-ring (bicyclic) bond motifs is 1. The molecular weight excluding hydrogens is 420 g/mol. The summed E-state index contributed by atoms with van der Waals surface area (Å²) in [5.41, 5.74) is -0.356. The molecule has 0 saturated heterocycles. The summed E-state index contributed by atoms with van der Waals surface area (Å²) in [5.74, 6) is -0.539. The van der Waals surface area contributed by atoms with Crippen LogP contribution >= 0.6 is 33.9 Å². The number of ether oxygens (including phenoxy) is 1. The average Bonchev–Trinajstić information content (AvgIpc) is 2.78. The Hall–Kier alpha value is -0.840. The van der Waals surface area contributed by atoms with E-state index in [0.29, 0.717) is 25.3 Å². The Morgan fingerprint density at radius 1 is 1.43 bits per heavy atom. The van der Waals surface area contributed by atoms with Gasteiger partial charge in [-0.3, -0.25) is 9.48 Å². The summed E-state index contributed by atoms with van der Waals surface area (Å²) in [6.07, 6.45) is -4.40. The first-order valence-corrected chi connectivity index (χ1v) is 7.82. The second kappa shape index (κ2) is 5.41. The van der Waals surface area contributed by atoms with Crippen molar-refractivity contribution < 1.29 is 22.7 Å². The first kappa shape index (κ1) is 16.5. The molecule has 0 fully saturated rings. The molecule has 2 aromatic heterocycles. The van der Waals surface area contributed by atoms with Crippen molar-refractivity contribution in [1.29, 1.82) is 0 Å². The van der Waals surface area contributed by atoms with Gasteiger partial charge < -0.3 is 4.74 Å². The molecule has 0 bridgehead atoms. The normalized spacial score (nSPS) is 12.9. The van der Waals surface area contributed by atoms with Gasteiger partial charge in [0.05, 0.1) is 10.2 Å². The molecule has 0 amide bonds. The minimum atomic E-state index is -4.40. The number of carbonyl (C=O) groups is 1. The molecular formula is C12H12F3IN2O2S. The molecule has 0 unspecified atom stereocenters. The highest BCUT2D eigenvalue weighted by Crippen LogP contribution is 2.39. The third kappa shape index (κ3) is 3.87. The first-order valence-electron chi connectivity index (χ1n) is 5.92. The van der Waals surface area contributed by atoms with Crippen LogP contribution in [0.25, 0.3) is 10.2 Å². The molecule has 0 saturated carbocycles. The predicted molar refractivity (Wildman–Crippen MR) is 81.2 cm³/mol. The number of esters is 1. The van der Waals surface area contributed by atoms with Crippen molar-refractivity contribution in [3.05, 3.63) is 14.6 Å². The Morgan fingerprint density at radius 2 is 2.05 bits per heavy atom. The van der Waals surface area contributed by atoms with Crippen molar-refractivity contribution in [3.8, 4) is 0 Å². The molecule has 0 aliphatic rings. The number of hydrogen-bond donors (Lipinski definition) is 0. The zero-order chi connectivity index (χ0) is 16.0. The van der Waals surface area contributed by atoms with E-state index in [2.05, 4.69) is 5.10 Å². The molecule has 4 nitrogen and oxygen atoms in total. The minimum absolute atomic E-state index is 0.217. The Bertz CT molecular complexity index is 685. The van der Waals surface area contributed by atoms with Crippen LogP contribution in [0.5, 0.6) is 0 Å². The van der Waals surface area contributed by atoms with E-state index in [0.717, 1.165) is 6.07 Å². The number of aromatic nitrogens is 2. The zero-order valence-corrected chi connectivity index (χ0v) is 14.4. The molecule has 0 radical (unpaired) electrons. The number of alkyl halides is 3. The number of halogens is 4. The number of thiophene rings is 1. The van der Waals surface area contributed by atoms with Crippen LogP contribution in [0.1, 0.15) is 25.6 Å². The maximum absolute atomic E-state index is 12.7. The standard InChI is InChI=1S/C12H12F3IN2O2S/c1-11(2,3)20-8(19)5-18-6-4-7(12(13,14)15)21-9(6)10(16)17-18/h4H,5H2,1-3H3. The van der Waals surface area contributed by atoms with E-state index in [4.69, 9.17) is 4.74 Å². The van der Waals surface area contributed by atoms with Gasteiger partial charge in [0.1, 0.15) is 20.7 Å². The lowest BCUT2D eigenvalue weighted by molar-refractivity contribution is -0.155. The van der Waals surface area contributed by atoms with Crippen LogP contribution in [-0.4, -0.2) is 21.4 Å². The number of carbonyl (C=O) groups excluding carboxylic acids is 1. The van der Waals surface area contributed by atoms with E-state index in [1.807, 2.05) is 22.6 Å². The molecule has 0 atom stereocenters. The molecule has 0 aliphatic heterocycles. The van der Waals surface area contributed by atoms with Crippen LogP contribution in [0.15, 0.2) is 6.07 Å². The fraction of sp³-hybridized carbons (Fsp3) is 0.500. The van der Waals surface area contributed by atoms with Gasteiger partial charge in [0.15, 0.2) is 0 Å². The fourth-order valence-corrected chi connectivity index (χ4v) is 3.45. The van der Waals surface area contributed by atoms with Gasteiger partial charge in [0, 0.05) is 0 Å². The monoisotopic (exact) mass is 432 g/mol. The Kier molecular flexibility index (Phi) is 4.26. The fourth-order valence-electron chi connectivity index (χ4n) is 1.68. The minimum Gasteiger partial charge on any atom is -0.459 e. The van der Waals surface area contributed by atoms with E-state index in [-0.39, 0.29) is 6.54 Å². The maximum Gasteiger partial charge on any atom is 0.425 e. The second-order valence-corrected chi connectivity index (χ2v) is 7.43. The average molecular weight is 432 g/mol. The van der Waals surface area contributed by atoms with Gasteiger partial charge >= 0.3 is 12.1 Å². The SMILES string of the molecule is CC(C)(C)OC(=O)Cn1nc(I)c2sc(C(F)(F)F)cc21. The molecule has 21 heavy (non-hydrogen) atoms. The largest absolute Gasteiger partial charge is 0.459 e. The lowest BCUT2D eigenvalue weighted by Crippen LogP contribution is -2.26. The van der Waals surface area contributed by atoms with Crippen molar-refractivity contribution in [3.63, 3.8) is 0 Å². The molecule has 0 N–H and O–H groups in total. The molecule has 0 spiro atoms. The molecule has 2 heterocycles. The molecule has 0 aliphatic carbocycles. The number of rotatable bonds is 2. The van der Waals surface area contributed by atoms with E-state index >= 15 is 0 Å². The Balaban J connectivity index is 2.33. The summed E-state index contributed by atoms with van der Waals surface area (Å²) in [6.45, 7) is 4.95. The summed E-state index contributed by atoms with van der Waals surface area (Å²) in [7, 11) is 0.